The van der Waals surface area contributed by atoms with E-state index < -0.39 is 69.1 Å². The van der Waals surface area contributed by atoms with E-state index in [1.807, 2.05) is 0 Å². The van der Waals surface area contributed by atoms with Gasteiger partial charge in [0.2, 0.25) is 0 Å². The summed E-state index contributed by atoms with van der Waals surface area (Å²) < 4.78 is 113. The molecule has 0 aromatic heterocycles. The van der Waals surface area contributed by atoms with Crippen molar-refractivity contribution in [1.82, 2.24) is 0 Å². The number of phenols is 1. The van der Waals surface area contributed by atoms with Gasteiger partial charge in [0.1, 0.15) is 33.4 Å². The van der Waals surface area contributed by atoms with Gasteiger partial charge in [-0.05, 0) is 54.6 Å². The van der Waals surface area contributed by atoms with Crippen LogP contribution in [-0.2, 0) is 66.3 Å². The maximum absolute atomic E-state index is 12.9. The average Bonchev–Trinajstić information content (AvgIpc) is 3.18. The largest absolute Gasteiger partial charge is 0.505 e. The van der Waals surface area contributed by atoms with Crippen molar-refractivity contribution < 1.29 is 91.9 Å². The van der Waals surface area contributed by atoms with Gasteiger partial charge in [0.05, 0.1) is 64.2 Å². The fourth-order valence-electron chi connectivity index (χ4n) is 4.54. The molecule has 0 saturated carbocycles. The Hall–Kier alpha value is -3.84. The lowest BCUT2D eigenvalue weighted by Gasteiger charge is -2.12. The minimum absolute atomic E-state index is 0.00727. The van der Waals surface area contributed by atoms with Crippen molar-refractivity contribution in [2.45, 2.75) is 19.6 Å². The highest BCUT2D eigenvalue weighted by Gasteiger charge is 2.24. The molecule has 7 N–H and O–H groups in total. The SMILES string of the molecule is COc1ccc(S(=O)(=O)CCOSOOO)cc1N=Nc1c(SOOO)cc2c(N=Nc3cc(S(=O)(=O)CCOSOOO)ccc3S(=O)(=O)O)c(N)ccc2c1O. The van der Waals surface area contributed by atoms with Crippen LogP contribution in [0.25, 0.3) is 10.8 Å². The maximum atomic E-state index is 12.9. The third-order valence-electron chi connectivity index (χ3n) is 7.07. The van der Waals surface area contributed by atoms with E-state index in [9.17, 15) is 34.9 Å². The van der Waals surface area contributed by atoms with Crippen molar-refractivity contribution in [3.05, 3.63) is 54.6 Å². The van der Waals surface area contributed by atoms with Gasteiger partial charge in [-0.3, -0.25) is 12.9 Å². The van der Waals surface area contributed by atoms with Crippen LogP contribution < -0.4 is 10.5 Å². The number of benzene rings is 4. The predicted octanol–water partition coefficient (Wildman–Crippen LogP) is 6.19. The Bertz CT molecular complexity index is 2480. The molecule has 0 aliphatic carbocycles. The van der Waals surface area contributed by atoms with E-state index in [4.69, 9.17) is 34.6 Å². The number of nitrogen functional groups attached to an aromatic ring is 1. The molecule has 0 heterocycles. The first-order valence-corrected chi connectivity index (χ1v) is 21.7. The van der Waals surface area contributed by atoms with E-state index in [1.165, 1.54) is 37.4 Å². The van der Waals surface area contributed by atoms with Crippen molar-refractivity contribution in [1.29, 1.82) is 0 Å². The molecule has 31 heteroatoms. The highest BCUT2D eigenvalue weighted by atomic mass is 32.2. The second-order valence-corrected chi connectivity index (χ2v) is 17.8. The van der Waals surface area contributed by atoms with Crippen LogP contribution in [0.15, 0.2) is 94.6 Å². The Morgan fingerprint density at radius 2 is 1.22 bits per heavy atom. The summed E-state index contributed by atoms with van der Waals surface area (Å²) in [5.41, 5.74) is 4.73. The number of methoxy groups -OCH3 is 1. The monoisotopic (exact) mass is 933 g/mol. The van der Waals surface area contributed by atoms with Crippen LogP contribution in [0.2, 0.25) is 0 Å². The Kier molecular flexibility index (Phi) is 17.3. The van der Waals surface area contributed by atoms with Crippen molar-refractivity contribution in [3.8, 4) is 11.5 Å². The van der Waals surface area contributed by atoms with E-state index in [0.717, 1.165) is 24.3 Å². The van der Waals surface area contributed by atoms with Gasteiger partial charge in [-0.1, -0.05) is 15.1 Å². The Balaban J connectivity index is 1.78. The van der Waals surface area contributed by atoms with Crippen molar-refractivity contribution in [3.63, 3.8) is 0 Å². The smallest absolute Gasteiger partial charge is 0.296 e. The molecular weight excluding hydrogens is 907 g/mol. The van der Waals surface area contributed by atoms with Gasteiger partial charge >= 0.3 is 0 Å². The third-order valence-corrected chi connectivity index (χ3v) is 12.7. The molecule has 0 bridgehead atoms. The first-order chi connectivity index (χ1) is 27.6. The lowest BCUT2D eigenvalue weighted by Crippen LogP contribution is -2.11. The molecular formula is C27H27N5O20S6. The van der Waals surface area contributed by atoms with E-state index in [0.29, 0.717) is 12.0 Å². The molecule has 0 spiro atoms. The molecule has 0 saturated heterocycles. The number of hydrogen-bond acceptors (Lipinski definition) is 27. The summed E-state index contributed by atoms with van der Waals surface area (Å²) >= 11 is 0.615. The standard InChI is InChI=1S/C27H27N5O20S6/c1-44-22-6-2-15(56(37,38)10-8-45-54-51-48-35)12-20(22)29-32-26-23(53-50-47-34)14-18-17(27(26)33)4-5-19(28)25(18)31-30-21-13-16(3-7-24(21)58(41,42)43)57(39,40)11-9-46-55-52-49-36/h2-7,12-14,33-36H,8-11,28H2,1H3,(H,41,42,43). The molecule has 4 aromatic carbocycles. The molecule has 0 fully saturated rings. The van der Waals surface area contributed by atoms with E-state index in [2.05, 4.69) is 48.6 Å². The lowest BCUT2D eigenvalue weighted by atomic mass is 10.1. The zero-order chi connectivity index (χ0) is 42.5. The van der Waals surface area contributed by atoms with Gasteiger partial charge in [-0.25, -0.2) is 32.6 Å². The fourth-order valence-corrected chi connectivity index (χ4v) is 8.48. The molecule has 4 aromatic rings. The summed E-state index contributed by atoms with van der Waals surface area (Å²) in [6, 6.07) is 9.96. The molecule has 0 radical (unpaired) electrons. The van der Waals surface area contributed by atoms with Crippen molar-refractivity contribution in [2.75, 3.05) is 37.6 Å². The van der Waals surface area contributed by atoms with E-state index in [1.54, 1.807) is 0 Å². The van der Waals surface area contributed by atoms with Crippen LogP contribution in [0.1, 0.15) is 0 Å². The number of ether oxygens (including phenoxy) is 1. The zero-order valence-corrected chi connectivity index (χ0v) is 33.6. The maximum Gasteiger partial charge on any atom is 0.296 e. The second kappa shape index (κ2) is 21.4. The van der Waals surface area contributed by atoms with Crippen LogP contribution in [0, 0.1) is 0 Å². The van der Waals surface area contributed by atoms with E-state index >= 15 is 0 Å². The van der Waals surface area contributed by atoms with Crippen molar-refractivity contribution >= 4 is 106 Å². The molecule has 0 atom stereocenters. The van der Waals surface area contributed by atoms with Gasteiger partial charge in [0, 0.05) is 10.8 Å². The number of azo groups is 2. The van der Waals surface area contributed by atoms with Gasteiger partial charge in [0.15, 0.2) is 50.1 Å². The van der Waals surface area contributed by atoms with Crippen LogP contribution in [0.5, 0.6) is 11.5 Å². The molecule has 58 heavy (non-hydrogen) atoms. The van der Waals surface area contributed by atoms with Crippen LogP contribution in [-0.4, -0.2) is 82.5 Å². The number of hydrogen-bond donors (Lipinski definition) is 6. The highest BCUT2D eigenvalue weighted by Crippen LogP contribution is 2.48. The molecule has 316 valence electrons. The van der Waals surface area contributed by atoms with Gasteiger partial charge in [0.25, 0.3) is 10.1 Å². The van der Waals surface area contributed by atoms with Crippen LogP contribution in [0.4, 0.5) is 28.4 Å². The lowest BCUT2D eigenvalue weighted by molar-refractivity contribution is -0.434. The number of aromatic hydroxyl groups is 1. The first kappa shape index (κ1) is 46.8. The van der Waals surface area contributed by atoms with E-state index in [-0.39, 0.29) is 80.3 Å². The van der Waals surface area contributed by atoms with Crippen molar-refractivity contribution in [2.24, 2.45) is 20.5 Å². The molecule has 0 amide bonds. The Morgan fingerprint density at radius 3 is 1.79 bits per heavy atom. The summed E-state index contributed by atoms with van der Waals surface area (Å²) in [6.45, 7) is -0.858. The summed E-state index contributed by atoms with van der Waals surface area (Å²) in [5, 5.41) is 63.0. The number of fused-ring (bicyclic) bond motifs is 1. The minimum atomic E-state index is -5.01. The summed E-state index contributed by atoms with van der Waals surface area (Å²) in [5.74, 6) is -1.77. The number of rotatable bonds is 23. The zero-order valence-electron chi connectivity index (χ0n) is 28.7. The summed E-state index contributed by atoms with van der Waals surface area (Å²) in [6.07, 6.45) is 0. The highest BCUT2D eigenvalue weighted by molar-refractivity contribution is 7.94. The van der Waals surface area contributed by atoms with Gasteiger partial charge < -0.3 is 15.6 Å². The van der Waals surface area contributed by atoms with Gasteiger partial charge in [-0.15, -0.1) is 33.5 Å². The Morgan fingerprint density at radius 1 is 0.672 bits per heavy atom. The fraction of sp³-hybridized carbons (Fsp3) is 0.185. The molecule has 0 aliphatic rings. The van der Waals surface area contributed by atoms with Crippen LogP contribution in [0.3, 0.4) is 0 Å². The number of nitrogens with zero attached hydrogens (tertiary/aromatic N) is 4. The normalized spacial score (nSPS) is 12.6. The average molecular weight is 934 g/mol. The summed E-state index contributed by atoms with van der Waals surface area (Å²) in [7, 11) is -11.9. The minimum Gasteiger partial charge on any atom is -0.505 e. The van der Waals surface area contributed by atoms with Gasteiger partial charge in [-0.2, -0.15) is 8.42 Å². The first-order valence-electron chi connectivity index (χ1n) is 14.9. The molecule has 4 rings (SSSR count). The number of anilines is 1. The summed E-state index contributed by atoms with van der Waals surface area (Å²) in [4.78, 5) is -1.68. The quantitative estimate of drug-likeness (QED) is 0.00917. The molecule has 0 unspecified atom stereocenters. The number of phenolic OH excluding ortho intramolecular Hbond substituents is 1. The molecule has 0 aliphatic heterocycles. The molecule has 25 nitrogen and oxygen atoms in total. The third kappa shape index (κ3) is 12.3. The Labute approximate surface area is 339 Å². The second-order valence-electron chi connectivity index (χ2n) is 10.4. The predicted molar refractivity (Wildman–Crippen MR) is 199 cm³/mol. The van der Waals surface area contributed by atoms with Crippen LogP contribution >= 0.6 is 36.7 Å². The topological polar surface area (TPSA) is 362 Å². The number of sulfone groups is 2. The number of nitrogens with two attached hydrogens (primary N) is 1.